The van der Waals surface area contributed by atoms with Crippen molar-refractivity contribution in [3.05, 3.63) is 48.7 Å². The summed E-state index contributed by atoms with van der Waals surface area (Å²) in [4.78, 5) is 27.5. The van der Waals surface area contributed by atoms with E-state index in [9.17, 15) is 19.8 Å². The fourth-order valence-electron chi connectivity index (χ4n) is 2.88. The maximum atomic E-state index is 12.1. The highest BCUT2D eigenvalue weighted by atomic mass is 16.5. The van der Waals surface area contributed by atoms with Gasteiger partial charge in [-0.15, -0.1) is 0 Å². The Morgan fingerprint density at radius 3 is 2.36 bits per heavy atom. The zero-order chi connectivity index (χ0) is 19.9. The molecule has 1 heterocycles. The molecule has 1 fully saturated rings. The van der Waals surface area contributed by atoms with Gasteiger partial charge in [-0.25, -0.2) is 0 Å². The zero-order valence-electron chi connectivity index (χ0n) is 14.5. The molecule has 3 aromatic rings. The van der Waals surface area contributed by atoms with Crippen LogP contribution in [-0.2, 0) is 9.59 Å². The van der Waals surface area contributed by atoms with Crippen LogP contribution in [0, 0.1) is 5.41 Å². The number of fused-ring (bicyclic) bond motifs is 1. The molecular formula is C20H16N2O6. The molecule has 1 aromatic heterocycles. The van der Waals surface area contributed by atoms with Crippen molar-refractivity contribution in [3.63, 3.8) is 0 Å². The lowest BCUT2D eigenvalue weighted by molar-refractivity contribution is -0.147. The number of benzene rings is 2. The first kappa shape index (κ1) is 17.6. The number of amides is 1. The van der Waals surface area contributed by atoms with Crippen molar-refractivity contribution in [1.82, 2.24) is 4.98 Å². The third-order valence-corrected chi connectivity index (χ3v) is 4.73. The summed E-state index contributed by atoms with van der Waals surface area (Å²) in [6, 6.07) is 10.8. The van der Waals surface area contributed by atoms with Crippen molar-refractivity contribution in [1.29, 1.82) is 0 Å². The van der Waals surface area contributed by atoms with E-state index in [2.05, 4.69) is 10.3 Å². The minimum atomic E-state index is -1.31. The fraction of sp³-hybridized carbons (Fsp3) is 0.150. The van der Waals surface area contributed by atoms with Crippen molar-refractivity contribution < 1.29 is 29.6 Å². The van der Waals surface area contributed by atoms with Gasteiger partial charge in [-0.3, -0.25) is 14.6 Å². The van der Waals surface area contributed by atoms with Gasteiger partial charge in [0.15, 0.2) is 11.5 Å². The summed E-state index contributed by atoms with van der Waals surface area (Å²) in [6.45, 7) is 0. The molecular weight excluding hydrogens is 364 g/mol. The molecule has 0 atom stereocenters. The minimum Gasteiger partial charge on any atom is -0.504 e. The van der Waals surface area contributed by atoms with Gasteiger partial charge in [-0.1, -0.05) is 0 Å². The molecule has 1 amide bonds. The zero-order valence-corrected chi connectivity index (χ0v) is 14.5. The van der Waals surface area contributed by atoms with Crippen molar-refractivity contribution in [3.8, 4) is 23.0 Å². The summed E-state index contributed by atoms with van der Waals surface area (Å²) in [5.74, 6) is -1.28. The summed E-state index contributed by atoms with van der Waals surface area (Å²) in [7, 11) is 0. The summed E-state index contributed by atoms with van der Waals surface area (Å²) in [6.07, 6.45) is 2.20. The van der Waals surface area contributed by atoms with Gasteiger partial charge in [0.25, 0.3) is 0 Å². The molecule has 0 radical (unpaired) electrons. The molecule has 1 aliphatic carbocycles. The van der Waals surface area contributed by atoms with Crippen LogP contribution in [0.3, 0.4) is 0 Å². The number of carbonyl (C=O) groups is 2. The topological polar surface area (TPSA) is 129 Å². The number of phenols is 2. The number of pyridine rings is 1. The van der Waals surface area contributed by atoms with Gasteiger partial charge in [0.2, 0.25) is 5.91 Å². The van der Waals surface area contributed by atoms with E-state index in [1.54, 1.807) is 30.3 Å². The number of anilines is 1. The normalized spacial score (nSPS) is 14.4. The predicted octanol–water partition coefficient (Wildman–Crippen LogP) is 3.24. The van der Waals surface area contributed by atoms with Crippen LogP contribution < -0.4 is 10.1 Å². The number of aromatic nitrogens is 1. The number of rotatable bonds is 5. The lowest BCUT2D eigenvalue weighted by atomic mass is 10.1. The molecule has 0 unspecified atom stereocenters. The van der Waals surface area contributed by atoms with Crippen LogP contribution in [0.5, 0.6) is 23.0 Å². The third-order valence-electron chi connectivity index (χ3n) is 4.73. The van der Waals surface area contributed by atoms with Crippen LogP contribution in [0.1, 0.15) is 12.8 Å². The Bertz CT molecular complexity index is 1090. The summed E-state index contributed by atoms with van der Waals surface area (Å²) < 4.78 is 5.82. The molecule has 0 saturated heterocycles. The molecule has 4 rings (SSSR count). The second-order valence-electron chi connectivity index (χ2n) is 6.63. The number of hydrogen-bond acceptors (Lipinski definition) is 6. The van der Waals surface area contributed by atoms with Crippen LogP contribution in [0.15, 0.2) is 48.7 Å². The molecule has 4 N–H and O–H groups in total. The van der Waals surface area contributed by atoms with Crippen molar-refractivity contribution in [2.45, 2.75) is 12.8 Å². The first-order chi connectivity index (χ1) is 13.4. The average Bonchev–Trinajstić information content (AvgIpc) is 3.47. The Balaban J connectivity index is 1.53. The van der Waals surface area contributed by atoms with Crippen molar-refractivity contribution in [2.24, 2.45) is 5.41 Å². The number of carboxylic acid groups (broad SMARTS) is 1. The first-order valence-electron chi connectivity index (χ1n) is 8.52. The molecule has 1 aliphatic rings. The Labute approximate surface area is 159 Å². The van der Waals surface area contributed by atoms with Gasteiger partial charge in [0.1, 0.15) is 16.9 Å². The van der Waals surface area contributed by atoms with Crippen molar-refractivity contribution in [2.75, 3.05) is 5.32 Å². The van der Waals surface area contributed by atoms with Gasteiger partial charge in [0, 0.05) is 23.3 Å². The Kier molecular flexibility index (Phi) is 4.03. The van der Waals surface area contributed by atoms with E-state index in [4.69, 9.17) is 9.84 Å². The maximum Gasteiger partial charge on any atom is 0.319 e. The number of nitrogens with one attached hydrogen (secondary N) is 1. The second-order valence-corrected chi connectivity index (χ2v) is 6.63. The summed E-state index contributed by atoms with van der Waals surface area (Å²) in [5, 5.41) is 31.6. The number of phenolic OH excluding ortho intramolecular Hbond substituents is 2. The molecule has 0 spiro atoms. The van der Waals surface area contributed by atoms with Gasteiger partial charge < -0.3 is 25.4 Å². The van der Waals surface area contributed by atoms with Gasteiger partial charge in [-0.2, -0.15) is 0 Å². The lowest BCUT2D eigenvalue weighted by Crippen LogP contribution is -2.31. The second kappa shape index (κ2) is 6.41. The van der Waals surface area contributed by atoms with Crippen LogP contribution in [0.4, 0.5) is 5.69 Å². The van der Waals surface area contributed by atoms with E-state index in [-0.39, 0.29) is 11.5 Å². The molecule has 28 heavy (non-hydrogen) atoms. The Hall–Kier alpha value is -3.81. The number of ether oxygens (including phenoxy) is 1. The average molecular weight is 380 g/mol. The number of carboxylic acids is 1. The summed E-state index contributed by atoms with van der Waals surface area (Å²) >= 11 is 0. The van der Waals surface area contributed by atoms with Gasteiger partial charge in [0.05, 0.1) is 5.52 Å². The molecule has 1 saturated carbocycles. The van der Waals surface area contributed by atoms with E-state index < -0.39 is 17.3 Å². The number of nitrogens with zero attached hydrogens (tertiary/aromatic N) is 1. The predicted molar refractivity (Wildman–Crippen MR) is 99.5 cm³/mol. The Morgan fingerprint density at radius 1 is 1.04 bits per heavy atom. The van der Waals surface area contributed by atoms with Crippen molar-refractivity contribution >= 4 is 28.5 Å². The first-order valence-corrected chi connectivity index (χ1v) is 8.52. The molecule has 8 heteroatoms. The summed E-state index contributed by atoms with van der Waals surface area (Å²) in [5.41, 5.74) is -0.384. The molecule has 2 aromatic carbocycles. The molecule has 142 valence electrons. The molecule has 0 bridgehead atoms. The lowest BCUT2D eigenvalue weighted by Gasteiger charge is -2.12. The van der Waals surface area contributed by atoms with Gasteiger partial charge in [-0.05, 0) is 49.2 Å². The van der Waals surface area contributed by atoms with E-state index in [1.165, 1.54) is 18.3 Å². The molecule has 8 nitrogen and oxygen atoms in total. The van der Waals surface area contributed by atoms with E-state index >= 15 is 0 Å². The number of aliphatic carboxylic acids is 1. The monoisotopic (exact) mass is 380 g/mol. The number of aromatic hydroxyl groups is 2. The standard InChI is InChI=1S/C20H16N2O6/c23-15-9-13-14(10-16(15)24)21-8-5-17(13)28-12-3-1-11(2-4-12)22-18(25)20(6-7-20)19(26)27/h1-5,8-10,23-24H,6-7H2,(H,22,25)(H,26,27). The quantitative estimate of drug-likeness (QED) is 0.395. The largest absolute Gasteiger partial charge is 0.504 e. The SMILES string of the molecule is O=C(O)C1(C(=O)Nc2ccc(Oc3ccnc4cc(O)c(O)cc34)cc2)CC1. The van der Waals surface area contributed by atoms with E-state index in [1.807, 2.05) is 0 Å². The van der Waals surface area contributed by atoms with Crippen LogP contribution in [-0.4, -0.2) is 32.2 Å². The third kappa shape index (κ3) is 3.05. The molecule has 0 aliphatic heterocycles. The highest BCUT2D eigenvalue weighted by Crippen LogP contribution is 2.46. The Morgan fingerprint density at radius 2 is 1.71 bits per heavy atom. The van der Waals surface area contributed by atoms with Crippen LogP contribution in [0.2, 0.25) is 0 Å². The van der Waals surface area contributed by atoms with E-state index in [0.29, 0.717) is 40.9 Å². The van der Waals surface area contributed by atoms with Crippen LogP contribution >= 0.6 is 0 Å². The minimum absolute atomic E-state index is 0.271. The number of hydrogen-bond donors (Lipinski definition) is 4. The highest BCUT2D eigenvalue weighted by Gasteiger charge is 2.57. The fourth-order valence-corrected chi connectivity index (χ4v) is 2.88. The maximum absolute atomic E-state index is 12.1. The number of carbonyl (C=O) groups excluding carboxylic acids is 1. The van der Waals surface area contributed by atoms with Crippen LogP contribution in [0.25, 0.3) is 10.9 Å². The van der Waals surface area contributed by atoms with E-state index in [0.717, 1.165) is 0 Å². The highest BCUT2D eigenvalue weighted by molar-refractivity contribution is 6.10. The smallest absolute Gasteiger partial charge is 0.319 e. The van der Waals surface area contributed by atoms with Gasteiger partial charge >= 0.3 is 5.97 Å².